The van der Waals surface area contributed by atoms with Crippen LogP contribution in [0.4, 0.5) is 0 Å². The Hall–Kier alpha value is -2.80. The van der Waals surface area contributed by atoms with Crippen LogP contribution in [0.2, 0.25) is 5.02 Å². The molecule has 1 aromatic carbocycles. The minimum atomic E-state index is -1.10. The van der Waals surface area contributed by atoms with Crippen LogP contribution in [0.5, 0.6) is 5.75 Å². The van der Waals surface area contributed by atoms with Crippen molar-refractivity contribution in [3.8, 4) is 5.75 Å². The molecule has 27 heavy (non-hydrogen) atoms. The summed E-state index contributed by atoms with van der Waals surface area (Å²) in [5.74, 6) is -1.04. The summed E-state index contributed by atoms with van der Waals surface area (Å²) < 4.78 is 6.92. The van der Waals surface area contributed by atoms with Crippen LogP contribution in [-0.4, -0.2) is 45.6 Å². The Kier molecular flexibility index (Phi) is 7.01. The zero-order chi connectivity index (χ0) is 20.0. The molecule has 0 fully saturated rings. The zero-order valence-corrected chi connectivity index (χ0v) is 15.8. The van der Waals surface area contributed by atoms with Crippen LogP contribution >= 0.6 is 11.6 Å². The van der Waals surface area contributed by atoms with Gasteiger partial charge in [-0.15, -0.1) is 0 Å². The average molecular weight is 393 g/mol. The molecule has 0 saturated heterocycles. The van der Waals surface area contributed by atoms with Crippen molar-refractivity contribution in [1.29, 1.82) is 0 Å². The van der Waals surface area contributed by atoms with E-state index >= 15 is 0 Å². The summed E-state index contributed by atoms with van der Waals surface area (Å²) in [6.07, 6.45) is 1.41. The molecular weight excluding hydrogens is 372 g/mol. The second-order valence-corrected chi connectivity index (χ2v) is 6.56. The van der Waals surface area contributed by atoms with Crippen molar-refractivity contribution in [1.82, 2.24) is 9.47 Å². The molecule has 1 heterocycles. The van der Waals surface area contributed by atoms with Gasteiger partial charge in [-0.25, -0.2) is 0 Å². The third kappa shape index (κ3) is 5.59. The Labute approximate surface area is 161 Å². The topological polar surface area (TPSA) is 88.8 Å². The van der Waals surface area contributed by atoms with Crippen molar-refractivity contribution in [2.75, 3.05) is 13.2 Å². The molecule has 0 atom stereocenters. The van der Waals surface area contributed by atoms with Gasteiger partial charge in [-0.05, 0) is 32.0 Å². The second kappa shape index (κ2) is 9.23. The van der Waals surface area contributed by atoms with Gasteiger partial charge in [0.25, 0.3) is 11.5 Å². The van der Waals surface area contributed by atoms with Gasteiger partial charge in [-0.2, -0.15) is 0 Å². The van der Waals surface area contributed by atoms with Crippen molar-refractivity contribution >= 4 is 23.5 Å². The molecule has 0 radical (unpaired) electrons. The van der Waals surface area contributed by atoms with Crippen LogP contribution in [0.1, 0.15) is 24.2 Å². The number of aromatic nitrogens is 1. The minimum Gasteiger partial charge on any atom is -0.490 e. The van der Waals surface area contributed by atoms with Crippen molar-refractivity contribution in [2.45, 2.75) is 26.4 Å². The Morgan fingerprint density at radius 3 is 2.56 bits per heavy atom. The standard InChI is InChI=1S/C19H21ClN2O5/c1-13(2)22(12-18(24)25)19(26)14-7-8-17(23)21(11-14)9-10-27-16-6-4-3-5-15(16)20/h3-8,11,13H,9-10,12H2,1-2H3,(H,24,25). The van der Waals surface area contributed by atoms with E-state index in [1.165, 1.54) is 27.8 Å². The average Bonchev–Trinajstić information content (AvgIpc) is 2.62. The fourth-order valence-corrected chi connectivity index (χ4v) is 2.64. The van der Waals surface area contributed by atoms with E-state index in [1.807, 2.05) is 0 Å². The lowest BCUT2D eigenvalue weighted by molar-refractivity contribution is -0.138. The lowest BCUT2D eigenvalue weighted by atomic mass is 10.2. The van der Waals surface area contributed by atoms with Crippen molar-refractivity contribution in [2.24, 2.45) is 0 Å². The number of aliphatic carboxylic acids is 1. The van der Waals surface area contributed by atoms with Gasteiger partial charge in [-0.3, -0.25) is 14.4 Å². The summed E-state index contributed by atoms with van der Waals surface area (Å²) in [7, 11) is 0. The number of halogens is 1. The molecule has 1 N–H and O–H groups in total. The highest BCUT2D eigenvalue weighted by molar-refractivity contribution is 6.32. The zero-order valence-electron chi connectivity index (χ0n) is 15.1. The van der Waals surface area contributed by atoms with Crippen molar-refractivity contribution in [3.63, 3.8) is 0 Å². The van der Waals surface area contributed by atoms with Gasteiger partial charge in [0.15, 0.2) is 0 Å². The first-order valence-electron chi connectivity index (χ1n) is 8.40. The molecule has 8 heteroatoms. The fraction of sp³-hybridized carbons (Fsp3) is 0.316. The Balaban J connectivity index is 2.13. The first-order chi connectivity index (χ1) is 12.8. The first-order valence-corrected chi connectivity index (χ1v) is 8.78. The first kappa shape index (κ1) is 20.5. The number of hydrogen-bond donors (Lipinski definition) is 1. The maximum Gasteiger partial charge on any atom is 0.323 e. The third-order valence-corrected chi connectivity index (χ3v) is 4.16. The number of rotatable bonds is 8. The smallest absolute Gasteiger partial charge is 0.323 e. The normalized spacial score (nSPS) is 10.7. The number of carbonyl (C=O) groups is 2. The quantitative estimate of drug-likeness (QED) is 0.745. The number of carbonyl (C=O) groups excluding carboxylic acids is 1. The number of pyridine rings is 1. The molecule has 0 unspecified atom stereocenters. The van der Waals surface area contributed by atoms with Gasteiger partial charge in [0.2, 0.25) is 0 Å². The summed E-state index contributed by atoms with van der Waals surface area (Å²) in [6.45, 7) is 3.45. The number of nitrogens with zero attached hydrogens (tertiary/aromatic N) is 2. The van der Waals surface area contributed by atoms with Crippen LogP contribution < -0.4 is 10.3 Å². The highest BCUT2D eigenvalue weighted by Crippen LogP contribution is 2.22. The third-order valence-electron chi connectivity index (χ3n) is 3.85. The summed E-state index contributed by atoms with van der Waals surface area (Å²) in [4.78, 5) is 36.9. The molecule has 0 bridgehead atoms. The minimum absolute atomic E-state index is 0.185. The number of para-hydroxylation sites is 1. The molecule has 1 aromatic heterocycles. The number of ether oxygens (including phenoxy) is 1. The van der Waals surface area contributed by atoms with Gasteiger partial charge >= 0.3 is 5.97 Å². The molecule has 144 valence electrons. The lowest BCUT2D eigenvalue weighted by Gasteiger charge is -2.25. The summed E-state index contributed by atoms with van der Waals surface area (Å²) in [5.41, 5.74) is -0.0501. The van der Waals surface area contributed by atoms with Crippen LogP contribution in [0.25, 0.3) is 0 Å². The summed E-state index contributed by atoms with van der Waals surface area (Å²) in [5, 5.41) is 9.47. The van der Waals surface area contributed by atoms with Crippen molar-refractivity contribution in [3.05, 3.63) is 63.5 Å². The summed E-state index contributed by atoms with van der Waals surface area (Å²) in [6, 6.07) is 9.37. The predicted octanol–water partition coefficient (Wildman–Crippen LogP) is 2.52. The van der Waals surface area contributed by atoms with Crippen LogP contribution in [0.3, 0.4) is 0 Å². The van der Waals surface area contributed by atoms with Gasteiger partial charge in [-0.1, -0.05) is 23.7 Å². The molecular formula is C19H21ClN2O5. The van der Waals surface area contributed by atoms with E-state index in [9.17, 15) is 14.4 Å². The number of carboxylic acid groups (broad SMARTS) is 1. The molecule has 0 aliphatic heterocycles. The Morgan fingerprint density at radius 2 is 1.93 bits per heavy atom. The Morgan fingerprint density at radius 1 is 1.22 bits per heavy atom. The lowest BCUT2D eigenvalue weighted by Crippen LogP contribution is -2.41. The number of benzene rings is 1. The number of carboxylic acids is 1. The maximum absolute atomic E-state index is 12.6. The Bertz CT molecular complexity index is 878. The molecule has 1 amide bonds. The van der Waals surface area contributed by atoms with E-state index in [0.717, 1.165) is 0 Å². The van der Waals surface area contributed by atoms with E-state index in [-0.39, 0.29) is 30.3 Å². The fourth-order valence-electron chi connectivity index (χ4n) is 2.45. The molecule has 0 aliphatic carbocycles. The van der Waals surface area contributed by atoms with Crippen molar-refractivity contribution < 1.29 is 19.4 Å². The monoisotopic (exact) mass is 392 g/mol. The molecule has 0 saturated carbocycles. The highest BCUT2D eigenvalue weighted by atomic mass is 35.5. The highest BCUT2D eigenvalue weighted by Gasteiger charge is 2.21. The molecule has 0 aliphatic rings. The van der Waals surface area contributed by atoms with E-state index < -0.39 is 18.4 Å². The van der Waals surface area contributed by atoms with Gasteiger partial charge in [0.1, 0.15) is 18.9 Å². The van der Waals surface area contributed by atoms with Crippen LogP contribution in [-0.2, 0) is 11.3 Å². The SMILES string of the molecule is CC(C)N(CC(=O)O)C(=O)c1ccc(=O)n(CCOc2ccccc2Cl)c1. The van der Waals surface area contributed by atoms with Gasteiger partial charge < -0.3 is 19.3 Å². The van der Waals surface area contributed by atoms with E-state index in [2.05, 4.69) is 0 Å². The predicted molar refractivity (Wildman–Crippen MR) is 101 cm³/mol. The summed E-state index contributed by atoms with van der Waals surface area (Å²) >= 11 is 6.02. The molecule has 0 spiro atoms. The molecule has 2 aromatic rings. The van der Waals surface area contributed by atoms with E-state index in [4.69, 9.17) is 21.4 Å². The van der Waals surface area contributed by atoms with Gasteiger partial charge in [0, 0.05) is 18.3 Å². The van der Waals surface area contributed by atoms with Gasteiger partial charge in [0.05, 0.1) is 17.1 Å². The van der Waals surface area contributed by atoms with E-state index in [1.54, 1.807) is 38.1 Å². The molecule has 2 rings (SSSR count). The number of hydrogen-bond acceptors (Lipinski definition) is 4. The maximum atomic E-state index is 12.6. The molecule has 7 nitrogen and oxygen atoms in total. The van der Waals surface area contributed by atoms with Crippen LogP contribution in [0, 0.1) is 0 Å². The second-order valence-electron chi connectivity index (χ2n) is 6.15. The van der Waals surface area contributed by atoms with Crippen LogP contribution in [0.15, 0.2) is 47.4 Å². The number of amides is 1. The largest absolute Gasteiger partial charge is 0.490 e. The van der Waals surface area contributed by atoms with E-state index in [0.29, 0.717) is 10.8 Å².